The summed E-state index contributed by atoms with van der Waals surface area (Å²) in [4.78, 5) is 193. The van der Waals surface area contributed by atoms with E-state index >= 15 is 38.4 Å². The van der Waals surface area contributed by atoms with Crippen LogP contribution in [-0.2, 0) is 87.5 Å². The van der Waals surface area contributed by atoms with Crippen molar-refractivity contribution in [3.63, 3.8) is 0 Å². The minimum atomic E-state index is -4.82. The first-order valence-corrected chi connectivity index (χ1v) is 38.2. The number of fused-ring (bicyclic) bond motifs is 3. The maximum absolute atomic E-state index is 15.7. The fraction of sp³-hybridized carbons (Fsp3) is 0.684. The normalized spacial score (nSPS) is 26.2. The Labute approximate surface area is 633 Å². The minimum Gasteiger partial charge on any atom is -0.378 e. The molecule has 6 aliphatic rings. The van der Waals surface area contributed by atoms with E-state index in [2.05, 4.69) is 16.0 Å². The third kappa shape index (κ3) is 20.7. The van der Waals surface area contributed by atoms with Crippen molar-refractivity contribution in [3.05, 3.63) is 69.7 Å². The molecule has 1 unspecified atom stereocenters. The van der Waals surface area contributed by atoms with Crippen molar-refractivity contribution in [1.82, 2.24) is 60.0 Å². The molecule has 32 heteroatoms. The first kappa shape index (κ1) is 85.5. The van der Waals surface area contributed by atoms with Gasteiger partial charge in [-0.05, 0) is 124 Å². The summed E-state index contributed by atoms with van der Waals surface area (Å²) in [5.41, 5.74) is -3.36. The number of nitrogens with one attached hydrogen (secondary N) is 3. The van der Waals surface area contributed by atoms with Gasteiger partial charge in [-0.15, -0.1) is 0 Å². The zero-order chi connectivity index (χ0) is 79.4. The molecular weight excluding hydrogens is 1440 g/mol. The summed E-state index contributed by atoms with van der Waals surface area (Å²) in [6.45, 7) is 6.16. The number of morpholine rings is 1. The largest absolute Gasteiger partial charge is 0.417 e. The molecule has 0 radical (unpaired) electrons. The summed E-state index contributed by atoms with van der Waals surface area (Å²) in [7, 11) is 8.19. The molecule has 108 heavy (non-hydrogen) atoms. The van der Waals surface area contributed by atoms with E-state index in [0.717, 1.165) is 57.2 Å². The van der Waals surface area contributed by atoms with Crippen LogP contribution in [0.2, 0.25) is 5.02 Å². The second-order valence-corrected chi connectivity index (χ2v) is 31.1. The number of carbonyl (C=O) groups excluding carboxylic acids is 12. The molecule has 2 saturated carbocycles. The third-order valence-corrected chi connectivity index (χ3v) is 23.0. The van der Waals surface area contributed by atoms with Crippen molar-refractivity contribution in [2.24, 2.45) is 17.8 Å². The Morgan fingerprint density at radius 2 is 1.21 bits per heavy atom. The van der Waals surface area contributed by atoms with Crippen LogP contribution in [-0.4, -0.2) is 264 Å². The average Bonchev–Trinajstić information content (AvgIpc) is 1.52. The zero-order valence-corrected chi connectivity index (χ0v) is 64.4. The van der Waals surface area contributed by atoms with Gasteiger partial charge in [0.25, 0.3) is 0 Å². The van der Waals surface area contributed by atoms with Gasteiger partial charge in [0.1, 0.15) is 53.9 Å². The fourth-order valence-corrected chi connectivity index (χ4v) is 16.4. The van der Waals surface area contributed by atoms with E-state index < -0.39 is 191 Å². The number of nitrogens with zero attached hydrogens (tertiary/aromatic N) is 9. The standard InChI is InChI=1S/C76H107ClF6N12O13/c1-11-47(4)63-71(105)88(6)45-62(98)89(7)56-22-13-12-18-34-95(70(56)104)59(42-49-24-28-51(29-25-49)75(78,79)80)68(102)87(5)44-60(96)84-54(31-27-48-26-30-52(53(77)41-48)76(81,82)83)67(101)94-35-19-23-55(94)66(100)86-74(32-16-17-33-74)73(107)92(10)64(50-20-14-15-21-50)72(106)91(9)58(69(103)93-36-38-108-39-37-93)43-61(97)90(8)57(40-46(2)3)65(99)85-63/h24-26,28-30,41,46-47,50,54-59,63-64H,11-23,27,31-40,42-45H2,1-10H3,(H,84,96)(H,85,99)(H,86,100)/t47?,54-,55-,56-,57-,58-,59-,63+,64-/m0/s1. The highest BCUT2D eigenvalue weighted by Gasteiger charge is 2.52. The van der Waals surface area contributed by atoms with Crippen molar-refractivity contribution in [1.29, 1.82) is 0 Å². The number of halogens is 7. The monoisotopic (exact) mass is 1540 g/mol. The Morgan fingerprint density at radius 3 is 1.82 bits per heavy atom. The summed E-state index contributed by atoms with van der Waals surface area (Å²) in [6, 6.07) is -4.01. The molecule has 4 aliphatic heterocycles. The Kier molecular flexibility index (Phi) is 29.4. The highest BCUT2D eigenvalue weighted by atomic mass is 35.5. The van der Waals surface area contributed by atoms with E-state index in [-0.39, 0.29) is 108 Å². The number of ether oxygens (including phenoxy) is 1. The molecule has 6 fully saturated rings. The summed E-state index contributed by atoms with van der Waals surface area (Å²) >= 11 is 6.16. The van der Waals surface area contributed by atoms with E-state index in [1.165, 1.54) is 71.7 Å². The van der Waals surface area contributed by atoms with Crippen LogP contribution in [0.3, 0.4) is 0 Å². The number of rotatable bonds is 11. The number of carbonyl (C=O) groups is 12. The van der Waals surface area contributed by atoms with Crippen molar-refractivity contribution in [2.45, 2.75) is 222 Å². The molecule has 0 aromatic heterocycles. The molecule has 2 aliphatic carbocycles. The van der Waals surface area contributed by atoms with Gasteiger partial charge in [0.05, 0.1) is 48.9 Å². The smallest absolute Gasteiger partial charge is 0.378 e. The number of hydrogen-bond acceptors (Lipinski definition) is 13. The van der Waals surface area contributed by atoms with Crippen LogP contribution < -0.4 is 16.0 Å². The number of hydrogen-bond donors (Lipinski definition) is 3. The van der Waals surface area contributed by atoms with Gasteiger partial charge in [0.15, 0.2) is 0 Å². The quantitative estimate of drug-likeness (QED) is 0.203. The molecule has 1 spiro atoms. The van der Waals surface area contributed by atoms with Crippen LogP contribution in [0.1, 0.15) is 166 Å². The second-order valence-electron chi connectivity index (χ2n) is 30.7. The van der Waals surface area contributed by atoms with E-state index in [0.29, 0.717) is 64.2 Å². The predicted octanol–water partition coefficient (Wildman–Crippen LogP) is 6.48. The summed E-state index contributed by atoms with van der Waals surface area (Å²) in [6.07, 6.45) is -5.49. The lowest BCUT2D eigenvalue weighted by atomic mass is 9.90. The highest BCUT2D eigenvalue weighted by molar-refractivity contribution is 6.31. The Bertz CT molecular complexity index is 3590. The number of benzene rings is 2. The van der Waals surface area contributed by atoms with Crippen molar-refractivity contribution in [3.8, 4) is 0 Å². The molecule has 2 aromatic carbocycles. The van der Waals surface area contributed by atoms with Crippen LogP contribution in [0, 0.1) is 17.8 Å². The number of alkyl halides is 6. The molecule has 25 nitrogen and oxygen atoms in total. The van der Waals surface area contributed by atoms with Crippen LogP contribution >= 0.6 is 11.6 Å². The number of aryl methyl sites for hydroxylation is 1. The number of amides is 12. The second kappa shape index (κ2) is 37.1. The van der Waals surface area contributed by atoms with Crippen LogP contribution in [0.5, 0.6) is 0 Å². The third-order valence-electron chi connectivity index (χ3n) is 22.7. The van der Waals surface area contributed by atoms with Crippen molar-refractivity contribution >= 4 is 82.5 Å². The average molecular weight is 1550 g/mol. The zero-order valence-electron chi connectivity index (χ0n) is 63.7. The lowest BCUT2D eigenvalue weighted by Gasteiger charge is -2.42. The molecule has 598 valence electrons. The molecule has 3 N–H and O–H groups in total. The first-order valence-electron chi connectivity index (χ1n) is 37.9. The van der Waals surface area contributed by atoms with Gasteiger partial charge >= 0.3 is 12.4 Å². The Morgan fingerprint density at radius 1 is 0.602 bits per heavy atom. The van der Waals surface area contributed by atoms with Crippen LogP contribution in [0.25, 0.3) is 0 Å². The molecule has 12 amide bonds. The predicted molar refractivity (Wildman–Crippen MR) is 386 cm³/mol. The van der Waals surface area contributed by atoms with E-state index in [1.807, 2.05) is 13.8 Å². The Balaban J connectivity index is 1.21. The van der Waals surface area contributed by atoms with Gasteiger partial charge in [-0.3, -0.25) is 57.5 Å². The maximum Gasteiger partial charge on any atom is 0.417 e. The van der Waals surface area contributed by atoms with Crippen molar-refractivity contribution in [2.75, 3.05) is 94.8 Å². The fourth-order valence-electron chi connectivity index (χ4n) is 16.0. The lowest BCUT2D eigenvalue weighted by molar-refractivity contribution is -0.157. The van der Waals surface area contributed by atoms with E-state index in [4.69, 9.17) is 16.3 Å². The topological polar surface area (TPSA) is 279 Å². The highest BCUT2D eigenvalue weighted by Crippen LogP contribution is 2.39. The van der Waals surface area contributed by atoms with Gasteiger partial charge < -0.3 is 64.8 Å². The van der Waals surface area contributed by atoms with E-state index in [9.17, 15) is 45.5 Å². The molecular formula is C76H107ClF6N12O13. The Hall–Kier alpha value is -8.09. The van der Waals surface area contributed by atoms with Gasteiger partial charge in [0, 0.05) is 74.9 Å². The summed E-state index contributed by atoms with van der Waals surface area (Å²) in [5, 5.41) is 7.97. The van der Waals surface area contributed by atoms with Gasteiger partial charge in [-0.1, -0.05) is 102 Å². The molecule has 2 aromatic rings. The van der Waals surface area contributed by atoms with Gasteiger partial charge in [0.2, 0.25) is 70.9 Å². The van der Waals surface area contributed by atoms with Gasteiger partial charge in [-0.25, -0.2) is 0 Å². The molecule has 4 saturated heterocycles. The van der Waals surface area contributed by atoms with Gasteiger partial charge in [-0.2, -0.15) is 26.3 Å². The number of likely N-dealkylation sites (N-methyl/N-ethyl adjacent to an activating group) is 6. The maximum atomic E-state index is 15.7. The van der Waals surface area contributed by atoms with E-state index in [1.54, 1.807) is 13.8 Å². The van der Waals surface area contributed by atoms with Crippen LogP contribution in [0.15, 0.2) is 42.5 Å². The molecule has 4 heterocycles. The lowest BCUT2D eigenvalue weighted by Crippen LogP contribution is -2.65. The molecule has 9 atom stereocenters. The SMILES string of the molecule is CCC(C)[C@H]1NC(=O)[C@H](CC(C)C)N(C)C(=O)C[C@@H](C(=O)N2CCOCC2)N(C)C(=O)[C@H](C2CCCC2)N(C)C(=O)C2(CCCC2)NC(=O)[C@@H]2CCCN2C(=O)[C@H](CCc2ccc(C(F)(F)F)c(Cl)c2)NC(=O)CN(C)C(=O)[C@H](Cc2ccc(C(F)(F)F)cc2)N2CCCCC[C@@H](C2=O)N(C)C(=O)CN(C)C1=O. The minimum absolute atomic E-state index is 0.0434. The first-order chi connectivity index (χ1) is 50.9. The van der Waals surface area contributed by atoms with Crippen LogP contribution in [0.4, 0.5) is 26.3 Å². The summed E-state index contributed by atoms with van der Waals surface area (Å²) in [5.74, 6) is -10.1. The molecule has 2 bridgehead atoms. The summed E-state index contributed by atoms with van der Waals surface area (Å²) < 4.78 is 89.4. The van der Waals surface area contributed by atoms with Crippen molar-refractivity contribution < 1.29 is 88.6 Å². The molecule has 8 rings (SSSR count).